The highest BCUT2D eigenvalue weighted by atomic mass is 79.9. The van der Waals surface area contributed by atoms with E-state index < -0.39 is 0 Å². The van der Waals surface area contributed by atoms with Gasteiger partial charge in [-0.1, -0.05) is 15.9 Å². The zero-order valence-corrected chi connectivity index (χ0v) is 23.5. The van der Waals surface area contributed by atoms with Crippen LogP contribution in [-0.2, 0) is 9.47 Å². The van der Waals surface area contributed by atoms with Gasteiger partial charge in [-0.25, -0.2) is 19.9 Å². The van der Waals surface area contributed by atoms with E-state index in [2.05, 4.69) is 99.6 Å². The number of rotatable bonds is 5. The first-order valence-electron chi connectivity index (χ1n) is 8.19. The highest BCUT2D eigenvalue weighted by molar-refractivity contribution is 9.11. The maximum absolute atomic E-state index is 5.35. The zero-order valence-electron chi connectivity index (χ0n) is 15.5. The van der Waals surface area contributed by atoms with Gasteiger partial charge < -0.3 is 19.6 Å². The molecule has 0 unspecified atom stereocenters. The lowest BCUT2D eigenvalue weighted by Gasteiger charge is -2.12. The zero-order chi connectivity index (χ0) is 21.8. The number of aromatic nitrogens is 5. The van der Waals surface area contributed by atoms with E-state index in [0.717, 1.165) is 20.2 Å². The third-order valence-corrected chi connectivity index (χ3v) is 5.27. The molecule has 0 amide bonds. The second-order valence-electron chi connectivity index (χ2n) is 4.88. The number of fused-ring (bicyclic) bond motifs is 1. The van der Waals surface area contributed by atoms with E-state index in [4.69, 9.17) is 15.2 Å². The molecule has 0 fully saturated rings. The average Bonchev–Trinajstić information content (AvgIpc) is 3.15. The van der Waals surface area contributed by atoms with Gasteiger partial charge in [0.15, 0.2) is 22.4 Å². The van der Waals surface area contributed by atoms with Crippen molar-refractivity contribution in [3.63, 3.8) is 0 Å². The van der Waals surface area contributed by atoms with Gasteiger partial charge >= 0.3 is 0 Å². The lowest BCUT2D eigenvalue weighted by molar-refractivity contribution is -0.119. The third kappa shape index (κ3) is 10.1. The second kappa shape index (κ2) is 14.8. The molecule has 3 heterocycles. The van der Waals surface area contributed by atoms with Crippen molar-refractivity contribution in [2.45, 2.75) is 20.1 Å². The summed E-state index contributed by atoms with van der Waals surface area (Å²) in [5.74, 6) is 0.401. The summed E-state index contributed by atoms with van der Waals surface area (Å²) in [5.41, 5.74) is 6.17. The molecule has 0 atom stereocenters. The highest BCUT2D eigenvalue weighted by Crippen LogP contribution is 2.17. The first-order chi connectivity index (χ1) is 13.8. The first-order valence-corrected chi connectivity index (χ1v) is 12.5. The van der Waals surface area contributed by atoms with Crippen LogP contribution in [0.4, 0.5) is 5.82 Å². The molecule has 3 aromatic rings. The second-order valence-corrected chi connectivity index (χ2v) is 8.65. The van der Waals surface area contributed by atoms with Crippen LogP contribution in [0.5, 0.6) is 0 Å². The Morgan fingerprint density at radius 2 is 1.62 bits per heavy atom. The summed E-state index contributed by atoms with van der Waals surface area (Å²) in [6.07, 6.45) is 6.92. The van der Waals surface area contributed by atoms with Gasteiger partial charge in [-0.2, -0.15) is 0 Å². The predicted molar refractivity (Wildman–Crippen MR) is 131 cm³/mol. The monoisotopic (exact) mass is 722 g/mol. The topological polar surface area (TPSA) is 100 Å². The maximum atomic E-state index is 5.35. The van der Waals surface area contributed by atoms with Crippen LogP contribution in [-0.4, -0.2) is 49.2 Å². The molecule has 2 N–H and O–H groups in total. The van der Waals surface area contributed by atoms with Crippen LogP contribution in [0.15, 0.2) is 43.2 Å². The molecule has 0 aliphatic rings. The van der Waals surface area contributed by atoms with E-state index in [0.29, 0.717) is 28.2 Å². The minimum absolute atomic E-state index is 0.0694. The number of nitrogen functional groups attached to an aromatic ring is 1. The van der Waals surface area contributed by atoms with Crippen molar-refractivity contribution in [1.29, 1.82) is 0 Å². The molecule has 160 valence electrons. The fourth-order valence-electron chi connectivity index (χ4n) is 1.73. The number of hydrogen-bond acceptors (Lipinski definition) is 7. The molecular formula is C16H19Br5N6O2. The number of hydrogen-bond donors (Lipinski definition) is 1. The largest absolute Gasteiger partial charge is 0.381 e. The number of nitrogens with two attached hydrogens (primary N) is 1. The summed E-state index contributed by atoms with van der Waals surface area (Å²) in [7, 11) is 0. The van der Waals surface area contributed by atoms with E-state index in [1.165, 1.54) is 0 Å². The van der Waals surface area contributed by atoms with Crippen LogP contribution in [0.25, 0.3) is 5.65 Å². The first kappa shape index (κ1) is 26.9. The molecule has 13 heteroatoms. The summed E-state index contributed by atoms with van der Waals surface area (Å²) >= 11 is 16.1. The Hall–Kier alpha value is -0.180. The fourth-order valence-corrected chi connectivity index (χ4v) is 4.05. The van der Waals surface area contributed by atoms with Gasteiger partial charge in [0.1, 0.15) is 13.8 Å². The smallest absolute Gasteiger partial charge is 0.170 e. The van der Waals surface area contributed by atoms with Crippen LogP contribution in [0.2, 0.25) is 0 Å². The summed E-state index contributed by atoms with van der Waals surface area (Å²) in [6.45, 7) is 5.32. The number of halogens is 5. The number of ether oxygens (including phenoxy) is 2. The Bertz CT molecular complexity index is 876. The molecule has 0 aromatic carbocycles. The van der Waals surface area contributed by atoms with E-state index in [-0.39, 0.29) is 6.29 Å². The molecule has 0 bridgehead atoms. The summed E-state index contributed by atoms with van der Waals surface area (Å²) in [4.78, 5) is 15.9. The van der Waals surface area contributed by atoms with Gasteiger partial charge in [0.05, 0.1) is 11.5 Å². The molecule has 0 aliphatic carbocycles. The quantitative estimate of drug-likeness (QED) is 0.269. The lowest BCUT2D eigenvalue weighted by Crippen LogP contribution is -2.18. The molecule has 8 nitrogen and oxygen atoms in total. The Kier molecular flexibility index (Phi) is 13.7. The third-order valence-electron chi connectivity index (χ3n) is 2.86. The molecule has 0 saturated heterocycles. The lowest BCUT2D eigenvalue weighted by atomic mass is 10.7. The Morgan fingerprint density at radius 1 is 1.00 bits per heavy atom. The van der Waals surface area contributed by atoms with E-state index in [1.807, 2.05) is 30.6 Å². The Morgan fingerprint density at radius 3 is 2.14 bits per heavy atom. The Labute approximate surface area is 211 Å². The van der Waals surface area contributed by atoms with Crippen LogP contribution in [0.3, 0.4) is 0 Å². The van der Waals surface area contributed by atoms with Crippen molar-refractivity contribution in [3.05, 3.63) is 43.2 Å². The van der Waals surface area contributed by atoms with E-state index in [1.54, 1.807) is 12.4 Å². The molecule has 0 radical (unpaired) electrons. The fraction of sp³-hybridized carbons (Fsp3) is 0.375. The van der Waals surface area contributed by atoms with Crippen molar-refractivity contribution in [2.75, 3.05) is 24.3 Å². The number of alkyl halides is 1. The van der Waals surface area contributed by atoms with Gasteiger partial charge in [-0.15, -0.1) is 0 Å². The van der Waals surface area contributed by atoms with Crippen LogP contribution >= 0.6 is 79.6 Å². The van der Waals surface area contributed by atoms with Crippen molar-refractivity contribution >= 4 is 91.1 Å². The summed E-state index contributed by atoms with van der Waals surface area (Å²) in [6, 6.07) is 0. The molecule has 0 saturated carbocycles. The number of nitrogens with zero attached hydrogens (tertiary/aromatic N) is 5. The molecule has 0 spiro atoms. The Balaban J connectivity index is 0.000000220. The summed E-state index contributed by atoms with van der Waals surface area (Å²) < 4.78 is 15.0. The highest BCUT2D eigenvalue weighted by Gasteiger charge is 2.03. The molecule has 3 aromatic heterocycles. The predicted octanol–water partition coefficient (Wildman–Crippen LogP) is 5.62. The van der Waals surface area contributed by atoms with Crippen molar-refractivity contribution in [2.24, 2.45) is 0 Å². The minimum Gasteiger partial charge on any atom is -0.381 e. The van der Waals surface area contributed by atoms with Crippen LogP contribution < -0.4 is 5.73 Å². The number of anilines is 1. The molecule has 0 aliphatic heterocycles. The SMILES string of the molecule is Brc1cn2ccnc2c(Br)n1.CCOC(CBr)OCC.Nc1ncc(Br)nc1Br. The number of imidazole rings is 1. The standard InChI is InChI=1S/C6H3Br2N3.C6H13BrO2.C4H3Br2N3/c7-4-3-11-2-1-9-6(11)5(8)10-4;1-3-8-6(5-7)9-4-2;5-2-1-8-4(7)3(6)9-2/h1-3H;6H,3-5H2,1-2H3;1H,(H2,7,8). The average molecular weight is 727 g/mol. The summed E-state index contributed by atoms with van der Waals surface area (Å²) in [5, 5.41) is 0.745. The normalized spacial score (nSPS) is 10.3. The van der Waals surface area contributed by atoms with Crippen LogP contribution in [0, 0.1) is 0 Å². The van der Waals surface area contributed by atoms with Gasteiger partial charge in [0.25, 0.3) is 0 Å². The molecule has 3 rings (SSSR count). The minimum atomic E-state index is -0.0694. The van der Waals surface area contributed by atoms with Crippen molar-refractivity contribution in [1.82, 2.24) is 24.3 Å². The van der Waals surface area contributed by atoms with Crippen LogP contribution in [0.1, 0.15) is 13.8 Å². The maximum Gasteiger partial charge on any atom is 0.170 e. The van der Waals surface area contributed by atoms with Gasteiger partial charge in [0.2, 0.25) is 0 Å². The van der Waals surface area contributed by atoms with E-state index in [9.17, 15) is 0 Å². The van der Waals surface area contributed by atoms with Crippen molar-refractivity contribution < 1.29 is 9.47 Å². The van der Waals surface area contributed by atoms with Gasteiger partial charge in [0, 0.05) is 31.8 Å². The van der Waals surface area contributed by atoms with Crippen molar-refractivity contribution in [3.8, 4) is 0 Å². The van der Waals surface area contributed by atoms with Gasteiger partial charge in [-0.05, 0) is 77.6 Å². The molecular weight excluding hydrogens is 708 g/mol. The molecule has 29 heavy (non-hydrogen) atoms. The van der Waals surface area contributed by atoms with E-state index >= 15 is 0 Å². The van der Waals surface area contributed by atoms with Gasteiger partial charge in [-0.3, -0.25) is 0 Å².